The number of nitrogens with zero attached hydrogens (tertiary/aromatic N) is 3. The third kappa shape index (κ3) is 1.22. The normalized spacial score (nSPS) is 11.1. The second kappa shape index (κ2) is 3.46. The molecule has 0 aliphatic heterocycles. The Morgan fingerprint density at radius 3 is 3.06 bits per heavy atom. The summed E-state index contributed by atoms with van der Waals surface area (Å²) in [6.45, 7) is -0.115. The lowest BCUT2D eigenvalue weighted by Crippen LogP contribution is -1.89. The summed E-state index contributed by atoms with van der Waals surface area (Å²) < 4.78 is 6.91. The lowest BCUT2D eigenvalue weighted by molar-refractivity contribution is 0.283. The summed E-state index contributed by atoms with van der Waals surface area (Å²) in [5.41, 5.74) is 1.96. The zero-order valence-electron chi connectivity index (χ0n) is 8.37. The molecule has 80 valence electrons. The first-order valence-corrected chi connectivity index (χ1v) is 4.87. The van der Waals surface area contributed by atoms with Crippen LogP contribution in [-0.2, 0) is 6.61 Å². The van der Waals surface area contributed by atoms with Gasteiger partial charge in [-0.1, -0.05) is 0 Å². The molecule has 3 aromatic heterocycles. The molecule has 3 rings (SSSR count). The van der Waals surface area contributed by atoms with Gasteiger partial charge >= 0.3 is 0 Å². The van der Waals surface area contributed by atoms with Gasteiger partial charge in [0.25, 0.3) is 0 Å². The lowest BCUT2D eigenvalue weighted by atomic mass is 10.2. The second-order valence-corrected chi connectivity index (χ2v) is 3.35. The number of aliphatic hydroxyl groups excluding tert-OH is 1. The van der Waals surface area contributed by atoms with E-state index in [0.717, 1.165) is 0 Å². The van der Waals surface area contributed by atoms with E-state index in [1.54, 1.807) is 41.4 Å². The maximum Gasteiger partial charge on any atom is 0.161 e. The standard InChI is InChI=1S/C11H9N3O2/c15-7-8-10(9-3-1-6-16-9)13-14-5-2-4-12-11(8)14/h1-6,15H,7H2. The SMILES string of the molecule is OCc1c(-c2ccco2)nn2cccnc12. The van der Waals surface area contributed by atoms with Crippen LogP contribution >= 0.6 is 0 Å². The highest BCUT2D eigenvalue weighted by Gasteiger charge is 2.15. The van der Waals surface area contributed by atoms with Crippen LogP contribution in [0.1, 0.15) is 5.56 Å². The highest BCUT2D eigenvalue weighted by atomic mass is 16.3. The summed E-state index contributed by atoms with van der Waals surface area (Å²) in [5, 5.41) is 13.7. The van der Waals surface area contributed by atoms with Crippen molar-refractivity contribution in [3.05, 3.63) is 42.4 Å². The van der Waals surface area contributed by atoms with Crippen molar-refractivity contribution in [3.8, 4) is 11.5 Å². The van der Waals surface area contributed by atoms with E-state index in [1.165, 1.54) is 0 Å². The summed E-state index contributed by atoms with van der Waals surface area (Å²) in [6.07, 6.45) is 5.03. The molecule has 0 fully saturated rings. The minimum atomic E-state index is -0.115. The Hall–Kier alpha value is -2.14. The highest BCUT2D eigenvalue weighted by Crippen LogP contribution is 2.25. The quantitative estimate of drug-likeness (QED) is 0.703. The average Bonchev–Trinajstić information content (AvgIpc) is 2.95. The minimum absolute atomic E-state index is 0.115. The van der Waals surface area contributed by atoms with Gasteiger partial charge in [0.15, 0.2) is 11.4 Å². The van der Waals surface area contributed by atoms with E-state index in [9.17, 15) is 5.11 Å². The van der Waals surface area contributed by atoms with Crippen LogP contribution in [0.15, 0.2) is 41.3 Å². The monoisotopic (exact) mass is 215 g/mol. The molecule has 3 heterocycles. The fourth-order valence-corrected chi connectivity index (χ4v) is 1.69. The summed E-state index contributed by atoms with van der Waals surface area (Å²) in [6, 6.07) is 5.38. The molecule has 0 unspecified atom stereocenters. The fraction of sp³-hybridized carbons (Fsp3) is 0.0909. The Morgan fingerprint density at radius 2 is 2.31 bits per heavy atom. The van der Waals surface area contributed by atoms with Crippen molar-refractivity contribution in [2.24, 2.45) is 0 Å². The smallest absolute Gasteiger partial charge is 0.161 e. The molecule has 5 nitrogen and oxygen atoms in total. The van der Waals surface area contributed by atoms with Crippen LogP contribution in [-0.4, -0.2) is 19.7 Å². The topological polar surface area (TPSA) is 63.6 Å². The van der Waals surface area contributed by atoms with Crippen LogP contribution in [0.4, 0.5) is 0 Å². The first-order valence-electron chi connectivity index (χ1n) is 4.87. The third-order valence-corrected chi connectivity index (χ3v) is 2.40. The fourth-order valence-electron chi connectivity index (χ4n) is 1.69. The predicted molar refractivity (Wildman–Crippen MR) is 56.6 cm³/mol. The van der Waals surface area contributed by atoms with Crippen molar-refractivity contribution in [1.29, 1.82) is 0 Å². The van der Waals surface area contributed by atoms with Crippen LogP contribution in [0.5, 0.6) is 0 Å². The van der Waals surface area contributed by atoms with Gasteiger partial charge in [0.1, 0.15) is 5.69 Å². The van der Waals surface area contributed by atoms with Crippen LogP contribution < -0.4 is 0 Å². The van der Waals surface area contributed by atoms with E-state index in [-0.39, 0.29) is 6.61 Å². The van der Waals surface area contributed by atoms with Gasteiger partial charge < -0.3 is 9.52 Å². The third-order valence-electron chi connectivity index (χ3n) is 2.40. The van der Waals surface area contributed by atoms with Gasteiger partial charge in [-0.3, -0.25) is 0 Å². The van der Waals surface area contributed by atoms with Gasteiger partial charge in [0.2, 0.25) is 0 Å². The molecule has 0 saturated carbocycles. The second-order valence-electron chi connectivity index (χ2n) is 3.35. The molecule has 0 aromatic carbocycles. The Kier molecular flexibility index (Phi) is 1.97. The highest BCUT2D eigenvalue weighted by molar-refractivity contribution is 5.66. The number of rotatable bonds is 2. The molecule has 0 bridgehead atoms. The molecule has 0 aliphatic carbocycles. The summed E-state index contributed by atoms with van der Waals surface area (Å²) >= 11 is 0. The number of aliphatic hydroxyl groups is 1. The summed E-state index contributed by atoms with van der Waals surface area (Å²) in [7, 11) is 0. The molecule has 0 spiro atoms. The van der Waals surface area contributed by atoms with Crippen molar-refractivity contribution < 1.29 is 9.52 Å². The lowest BCUT2D eigenvalue weighted by Gasteiger charge is -1.94. The molecule has 0 atom stereocenters. The zero-order valence-corrected chi connectivity index (χ0v) is 8.37. The largest absolute Gasteiger partial charge is 0.463 e. The molecule has 0 amide bonds. The Morgan fingerprint density at radius 1 is 1.38 bits per heavy atom. The van der Waals surface area contributed by atoms with Crippen LogP contribution in [0.3, 0.4) is 0 Å². The first-order chi connectivity index (χ1) is 7.90. The maximum absolute atomic E-state index is 9.37. The summed E-state index contributed by atoms with van der Waals surface area (Å²) in [4.78, 5) is 4.18. The van der Waals surface area contributed by atoms with E-state index < -0.39 is 0 Å². The number of aromatic nitrogens is 3. The van der Waals surface area contributed by atoms with Crippen molar-refractivity contribution >= 4 is 5.65 Å². The van der Waals surface area contributed by atoms with E-state index in [0.29, 0.717) is 22.7 Å². The number of hydrogen-bond donors (Lipinski definition) is 1. The minimum Gasteiger partial charge on any atom is -0.463 e. The number of hydrogen-bond acceptors (Lipinski definition) is 4. The predicted octanol–water partition coefficient (Wildman–Crippen LogP) is 1.48. The van der Waals surface area contributed by atoms with E-state index in [4.69, 9.17) is 4.42 Å². The molecule has 16 heavy (non-hydrogen) atoms. The Balaban J connectivity index is 2.32. The number of fused-ring (bicyclic) bond motifs is 1. The molecule has 0 aliphatic rings. The van der Waals surface area contributed by atoms with Gasteiger partial charge in [0.05, 0.1) is 18.4 Å². The van der Waals surface area contributed by atoms with Crippen molar-refractivity contribution in [2.45, 2.75) is 6.61 Å². The molecular weight excluding hydrogens is 206 g/mol. The summed E-state index contributed by atoms with van der Waals surface area (Å²) in [5.74, 6) is 0.634. The van der Waals surface area contributed by atoms with Gasteiger partial charge in [-0.2, -0.15) is 5.10 Å². The van der Waals surface area contributed by atoms with Gasteiger partial charge in [-0.15, -0.1) is 0 Å². The molecule has 5 heteroatoms. The van der Waals surface area contributed by atoms with Crippen molar-refractivity contribution in [3.63, 3.8) is 0 Å². The van der Waals surface area contributed by atoms with Gasteiger partial charge in [-0.05, 0) is 18.2 Å². The van der Waals surface area contributed by atoms with Crippen LogP contribution in [0, 0.1) is 0 Å². The Labute approximate surface area is 91.0 Å². The molecule has 1 N–H and O–H groups in total. The van der Waals surface area contributed by atoms with E-state index in [2.05, 4.69) is 10.1 Å². The van der Waals surface area contributed by atoms with Crippen molar-refractivity contribution in [1.82, 2.24) is 14.6 Å². The first kappa shape index (κ1) is 9.11. The van der Waals surface area contributed by atoms with Crippen LogP contribution in [0.25, 0.3) is 17.1 Å². The molecular formula is C11H9N3O2. The average molecular weight is 215 g/mol. The van der Waals surface area contributed by atoms with Crippen molar-refractivity contribution in [2.75, 3.05) is 0 Å². The van der Waals surface area contributed by atoms with Crippen LogP contribution in [0.2, 0.25) is 0 Å². The molecule has 0 radical (unpaired) electrons. The maximum atomic E-state index is 9.37. The van der Waals surface area contributed by atoms with Gasteiger partial charge in [0, 0.05) is 12.4 Å². The van der Waals surface area contributed by atoms with E-state index in [1.807, 2.05) is 0 Å². The van der Waals surface area contributed by atoms with E-state index >= 15 is 0 Å². The molecule has 3 aromatic rings. The molecule has 0 saturated heterocycles. The Bertz CT molecular complexity index is 613. The number of furan rings is 1. The zero-order chi connectivity index (χ0) is 11.0. The van der Waals surface area contributed by atoms with Gasteiger partial charge in [-0.25, -0.2) is 9.50 Å².